The zero-order valence-electron chi connectivity index (χ0n) is 10.2. The zero-order chi connectivity index (χ0) is 12.8. The molecule has 0 spiro atoms. The van der Waals surface area contributed by atoms with Gasteiger partial charge in [-0.05, 0) is 31.0 Å². The summed E-state index contributed by atoms with van der Waals surface area (Å²) in [6.07, 6.45) is 2.24. The number of aromatic nitrogens is 2. The van der Waals surface area contributed by atoms with Crippen molar-refractivity contribution in [3.05, 3.63) is 40.3 Å². The van der Waals surface area contributed by atoms with Gasteiger partial charge in [0.1, 0.15) is 5.82 Å². The summed E-state index contributed by atoms with van der Waals surface area (Å²) in [5.74, 6) is 2.46. The summed E-state index contributed by atoms with van der Waals surface area (Å²) in [5.41, 5.74) is 1.62. The van der Waals surface area contributed by atoms with Crippen LogP contribution in [-0.4, -0.2) is 16.8 Å². The highest BCUT2D eigenvalue weighted by atomic mass is 16.7. The fourth-order valence-corrected chi connectivity index (χ4v) is 2.25. The van der Waals surface area contributed by atoms with E-state index in [1.807, 2.05) is 18.2 Å². The summed E-state index contributed by atoms with van der Waals surface area (Å²) in [7, 11) is 0. The van der Waals surface area contributed by atoms with Gasteiger partial charge in [-0.25, -0.2) is 4.98 Å². The maximum atomic E-state index is 11.7. The molecule has 96 valence electrons. The number of aromatic amines is 1. The van der Waals surface area contributed by atoms with Crippen LogP contribution in [0.5, 0.6) is 11.5 Å². The number of hydrogen-bond acceptors (Lipinski definition) is 4. The van der Waals surface area contributed by atoms with E-state index in [0.717, 1.165) is 29.8 Å². The molecule has 1 aromatic carbocycles. The molecule has 2 aromatic rings. The lowest BCUT2D eigenvalue weighted by atomic mass is 10.2. The summed E-state index contributed by atoms with van der Waals surface area (Å²) in [4.78, 5) is 19.0. The third kappa shape index (κ3) is 1.87. The molecule has 0 radical (unpaired) electrons. The number of nitrogens with one attached hydrogen (secondary N) is 1. The first-order chi connectivity index (χ1) is 9.29. The maximum absolute atomic E-state index is 11.7. The molecule has 0 saturated heterocycles. The first-order valence-corrected chi connectivity index (χ1v) is 6.31. The lowest BCUT2D eigenvalue weighted by molar-refractivity contribution is 0.174. The van der Waals surface area contributed by atoms with Crippen LogP contribution in [0.1, 0.15) is 24.5 Å². The van der Waals surface area contributed by atoms with Crippen LogP contribution in [0.3, 0.4) is 0 Å². The van der Waals surface area contributed by atoms with Gasteiger partial charge in [-0.15, -0.1) is 0 Å². The molecule has 0 amide bonds. The highest BCUT2D eigenvalue weighted by molar-refractivity contribution is 5.61. The molecule has 5 heteroatoms. The molecule has 1 N–H and O–H groups in total. The van der Waals surface area contributed by atoms with E-state index < -0.39 is 0 Å². The average molecular weight is 256 g/mol. The average Bonchev–Trinajstić information content (AvgIpc) is 3.16. The van der Waals surface area contributed by atoms with Crippen molar-refractivity contribution in [2.24, 2.45) is 0 Å². The van der Waals surface area contributed by atoms with Gasteiger partial charge < -0.3 is 14.5 Å². The summed E-state index contributed by atoms with van der Waals surface area (Å²) >= 11 is 0. The van der Waals surface area contributed by atoms with Crippen LogP contribution in [-0.2, 0) is 0 Å². The smallest absolute Gasteiger partial charge is 0.251 e. The van der Waals surface area contributed by atoms with E-state index in [2.05, 4.69) is 9.97 Å². The second-order valence-electron chi connectivity index (χ2n) is 4.86. The van der Waals surface area contributed by atoms with E-state index >= 15 is 0 Å². The third-order valence-electron chi connectivity index (χ3n) is 3.40. The van der Waals surface area contributed by atoms with Crippen LogP contribution in [0.25, 0.3) is 11.4 Å². The van der Waals surface area contributed by atoms with Crippen LogP contribution in [0.4, 0.5) is 0 Å². The Morgan fingerprint density at radius 3 is 2.84 bits per heavy atom. The quantitative estimate of drug-likeness (QED) is 0.893. The molecule has 0 unspecified atom stereocenters. The molecule has 19 heavy (non-hydrogen) atoms. The topological polar surface area (TPSA) is 64.2 Å². The van der Waals surface area contributed by atoms with Crippen LogP contribution >= 0.6 is 0 Å². The molecular formula is C14H12N2O3. The summed E-state index contributed by atoms with van der Waals surface area (Å²) in [5, 5.41) is 0. The molecular weight excluding hydrogens is 244 g/mol. The van der Waals surface area contributed by atoms with E-state index in [0.29, 0.717) is 17.5 Å². The van der Waals surface area contributed by atoms with Gasteiger partial charge in [-0.1, -0.05) is 0 Å². The van der Waals surface area contributed by atoms with Crippen molar-refractivity contribution >= 4 is 0 Å². The molecule has 1 aliphatic heterocycles. The fourth-order valence-electron chi connectivity index (χ4n) is 2.25. The number of ether oxygens (including phenoxy) is 2. The monoisotopic (exact) mass is 256 g/mol. The number of nitrogens with zero attached hydrogens (tertiary/aromatic N) is 1. The molecule has 1 saturated carbocycles. The molecule has 1 fully saturated rings. The van der Waals surface area contributed by atoms with Gasteiger partial charge in [0.05, 0.1) is 5.69 Å². The zero-order valence-corrected chi connectivity index (χ0v) is 10.2. The second-order valence-corrected chi connectivity index (χ2v) is 4.86. The molecule has 2 aliphatic rings. The predicted molar refractivity (Wildman–Crippen MR) is 68.4 cm³/mol. The van der Waals surface area contributed by atoms with Crippen molar-refractivity contribution in [1.29, 1.82) is 0 Å². The van der Waals surface area contributed by atoms with E-state index in [-0.39, 0.29) is 12.4 Å². The number of fused-ring (bicyclic) bond motifs is 1. The van der Waals surface area contributed by atoms with Crippen molar-refractivity contribution in [2.45, 2.75) is 18.8 Å². The minimum absolute atomic E-state index is 0.107. The summed E-state index contributed by atoms with van der Waals surface area (Å²) in [6, 6.07) is 7.15. The largest absolute Gasteiger partial charge is 0.454 e. The third-order valence-corrected chi connectivity index (χ3v) is 3.40. The Balaban J connectivity index is 1.81. The lowest BCUT2D eigenvalue weighted by Crippen LogP contribution is -2.09. The number of rotatable bonds is 2. The molecule has 1 aromatic heterocycles. The molecule has 1 aliphatic carbocycles. The minimum atomic E-state index is -0.107. The number of hydrogen-bond donors (Lipinski definition) is 1. The number of benzene rings is 1. The van der Waals surface area contributed by atoms with Gasteiger partial charge in [-0.3, -0.25) is 4.79 Å². The minimum Gasteiger partial charge on any atom is -0.454 e. The SMILES string of the molecule is O=c1cc(C2CC2)nc(-c2ccc3c(c2)OCO3)[nH]1. The van der Waals surface area contributed by atoms with Crippen LogP contribution in [0, 0.1) is 0 Å². The normalized spacial score (nSPS) is 16.6. The van der Waals surface area contributed by atoms with Crippen molar-refractivity contribution in [3.8, 4) is 22.9 Å². The van der Waals surface area contributed by atoms with Gasteiger partial charge in [0, 0.05) is 17.5 Å². The van der Waals surface area contributed by atoms with Crippen LogP contribution < -0.4 is 15.0 Å². The van der Waals surface area contributed by atoms with E-state index in [9.17, 15) is 4.79 Å². The Bertz CT molecular complexity index is 704. The first kappa shape index (κ1) is 10.6. The highest BCUT2D eigenvalue weighted by Gasteiger charge is 2.26. The predicted octanol–water partition coefficient (Wildman–Crippen LogP) is 2.04. The van der Waals surface area contributed by atoms with Gasteiger partial charge >= 0.3 is 0 Å². The Labute approximate surface area is 109 Å². The first-order valence-electron chi connectivity index (χ1n) is 6.31. The van der Waals surface area contributed by atoms with Gasteiger partial charge in [0.15, 0.2) is 11.5 Å². The van der Waals surface area contributed by atoms with Crippen molar-refractivity contribution < 1.29 is 9.47 Å². The van der Waals surface area contributed by atoms with E-state index in [1.54, 1.807) is 6.07 Å². The van der Waals surface area contributed by atoms with E-state index in [4.69, 9.17) is 9.47 Å². The standard InChI is InChI=1S/C14H12N2O3/c17-13-6-10(8-1-2-8)15-14(16-13)9-3-4-11-12(5-9)19-7-18-11/h3-6,8H,1-2,7H2,(H,15,16,17). The van der Waals surface area contributed by atoms with Crippen molar-refractivity contribution in [2.75, 3.05) is 6.79 Å². The molecule has 0 atom stereocenters. The molecule has 0 bridgehead atoms. The van der Waals surface area contributed by atoms with Gasteiger partial charge in [-0.2, -0.15) is 0 Å². The van der Waals surface area contributed by atoms with E-state index in [1.165, 1.54) is 0 Å². The fraction of sp³-hybridized carbons (Fsp3) is 0.286. The Hall–Kier alpha value is -2.30. The van der Waals surface area contributed by atoms with Gasteiger partial charge in [0.25, 0.3) is 5.56 Å². The van der Waals surface area contributed by atoms with Crippen LogP contribution in [0.2, 0.25) is 0 Å². The summed E-state index contributed by atoms with van der Waals surface area (Å²) < 4.78 is 10.6. The molecule has 5 nitrogen and oxygen atoms in total. The molecule has 2 heterocycles. The second kappa shape index (κ2) is 3.85. The molecule has 4 rings (SSSR count). The highest BCUT2D eigenvalue weighted by Crippen LogP contribution is 2.39. The maximum Gasteiger partial charge on any atom is 0.251 e. The van der Waals surface area contributed by atoms with Crippen LogP contribution in [0.15, 0.2) is 29.1 Å². The van der Waals surface area contributed by atoms with Gasteiger partial charge in [0.2, 0.25) is 6.79 Å². The number of H-pyrrole nitrogens is 1. The Morgan fingerprint density at radius 1 is 1.16 bits per heavy atom. The Kier molecular flexibility index (Phi) is 2.15. The van der Waals surface area contributed by atoms with Crippen molar-refractivity contribution in [3.63, 3.8) is 0 Å². The van der Waals surface area contributed by atoms with Crippen molar-refractivity contribution in [1.82, 2.24) is 9.97 Å². The lowest BCUT2D eigenvalue weighted by Gasteiger charge is -2.04. The summed E-state index contributed by atoms with van der Waals surface area (Å²) in [6.45, 7) is 0.241. The Morgan fingerprint density at radius 2 is 2.00 bits per heavy atom.